The van der Waals surface area contributed by atoms with E-state index in [2.05, 4.69) is 4.74 Å². The molecule has 0 saturated carbocycles. The molecule has 9 heteroatoms. The highest BCUT2D eigenvalue weighted by Crippen LogP contribution is 2.36. The highest BCUT2D eigenvalue weighted by Gasteiger charge is 2.63. The van der Waals surface area contributed by atoms with Crippen molar-refractivity contribution in [1.29, 1.82) is 0 Å². The van der Waals surface area contributed by atoms with Crippen molar-refractivity contribution in [1.82, 2.24) is 0 Å². The van der Waals surface area contributed by atoms with Gasteiger partial charge >= 0.3 is 24.0 Å². The molecule has 1 amide bonds. The minimum Gasteiger partial charge on any atom is -0.465 e. The van der Waals surface area contributed by atoms with Gasteiger partial charge in [-0.2, -0.15) is 22.0 Å². The third-order valence-electron chi connectivity index (χ3n) is 2.55. The van der Waals surface area contributed by atoms with Crippen molar-refractivity contribution in [2.24, 2.45) is 0 Å². The van der Waals surface area contributed by atoms with Crippen molar-refractivity contribution >= 4 is 17.6 Å². The minimum absolute atomic E-state index is 0.103. The van der Waals surface area contributed by atoms with Crippen LogP contribution in [0.1, 0.15) is 15.9 Å². The van der Waals surface area contributed by atoms with E-state index in [1.165, 1.54) is 24.4 Å². The molecular weight excluding hydrogens is 301 g/mol. The van der Waals surface area contributed by atoms with Crippen LogP contribution < -0.4 is 5.32 Å². The first kappa shape index (κ1) is 16.9. The topological polar surface area (TPSA) is 55.4 Å². The van der Waals surface area contributed by atoms with Gasteiger partial charge in [-0.1, -0.05) is 6.07 Å². The Labute approximate surface area is 115 Å². The van der Waals surface area contributed by atoms with Crippen molar-refractivity contribution in [3.8, 4) is 0 Å². The van der Waals surface area contributed by atoms with Gasteiger partial charge in [-0.25, -0.2) is 4.79 Å². The first-order valence-electron chi connectivity index (χ1n) is 5.45. The van der Waals surface area contributed by atoms with Crippen molar-refractivity contribution < 1.29 is 36.3 Å². The van der Waals surface area contributed by atoms with Crippen molar-refractivity contribution in [2.75, 3.05) is 12.4 Å². The summed E-state index contributed by atoms with van der Waals surface area (Å²) in [5, 5.41) is 1.46. The number of halogens is 5. The normalized spacial score (nSPS) is 12.0. The molecule has 1 aromatic rings. The summed E-state index contributed by atoms with van der Waals surface area (Å²) in [7, 11) is 1.07. The quantitative estimate of drug-likeness (QED) is 0.690. The molecule has 0 unspecified atom stereocenters. The van der Waals surface area contributed by atoms with Gasteiger partial charge < -0.3 is 10.1 Å². The van der Waals surface area contributed by atoms with Gasteiger partial charge in [0.25, 0.3) is 0 Å². The molecule has 0 fully saturated rings. The Kier molecular flexibility index (Phi) is 4.55. The van der Waals surface area contributed by atoms with E-state index in [0.29, 0.717) is 0 Å². The molecule has 0 atom stereocenters. The van der Waals surface area contributed by atoms with Gasteiger partial charge in [0, 0.05) is 5.69 Å². The summed E-state index contributed by atoms with van der Waals surface area (Å²) in [6.07, 6.45) is -6.01. The monoisotopic (exact) mass is 311 g/mol. The lowest BCUT2D eigenvalue weighted by Gasteiger charge is -2.19. The van der Waals surface area contributed by atoms with E-state index in [1.54, 1.807) is 0 Å². The van der Waals surface area contributed by atoms with Crippen LogP contribution >= 0.6 is 0 Å². The highest BCUT2D eigenvalue weighted by atomic mass is 19.4. The summed E-state index contributed by atoms with van der Waals surface area (Å²) in [6, 6.07) is 3.50. The number of aryl methyl sites for hydroxylation is 1. The molecule has 1 aromatic carbocycles. The summed E-state index contributed by atoms with van der Waals surface area (Å²) >= 11 is 0. The van der Waals surface area contributed by atoms with Crippen molar-refractivity contribution in [3.63, 3.8) is 0 Å². The standard InChI is InChI=1S/C12H10F5NO3/c1-6-3-4-7(9(19)21-2)5-8(6)18-10(20)11(13,14)12(15,16)17/h3-5H,1-2H3,(H,18,20). The molecule has 21 heavy (non-hydrogen) atoms. The lowest BCUT2D eigenvalue weighted by molar-refractivity contribution is -0.267. The number of ether oxygens (including phenoxy) is 1. The number of rotatable bonds is 3. The summed E-state index contributed by atoms with van der Waals surface area (Å²) in [5.74, 6) is -8.89. The second-order valence-corrected chi connectivity index (χ2v) is 4.05. The number of methoxy groups -OCH3 is 1. The summed E-state index contributed by atoms with van der Waals surface area (Å²) in [6.45, 7) is 1.36. The van der Waals surface area contributed by atoms with Gasteiger partial charge in [0.05, 0.1) is 12.7 Å². The maximum Gasteiger partial charge on any atom is 0.463 e. The largest absolute Gasteiger partial charge is 0.465 e. The van der Waals surface area contributed by atoms with E-state index in [9.17, 15) is 31.5 Å². The highest BCUT2D eigenvalue weighted by molar-refractivity contribution is 5.99. The third-order valence-corrected chi connectivity index (χ3v) is 2.55. The molecule has 4 nitrogen and oxygen atoms in total. The summed E-state index contributed by atoms with van der Waals surface area (Å²) in [5.41, 5.74) is -0.241. The van der Waals surface area contributed by atoms with Gasteiger partial charge in [-0.15, -0.1) is 0 Å². The number of hydrogen-bond donors (Lipinski definition) is 1. The van der Waals surface area contributed by atoms with E-state index < -0.39 is 24.0 Å². The number of alkyl halides is 5. The van der Waals surface area contributed by atoms with Crippen LogP contribution in [0, 0.1) is 6.92 Å². The van der Waals surface area contributed by atoms with Crippen LogP contribution in [0.2, 0.25) is 0 Å². The summed E-state index contributed by atoms with van der Waals surface area (Å²) < 4.78 is 66.2. The smallest absolute Gasteiger partial charge is 0.463 e. The fraction of sp³-hybridized carbons (Fsp3) is 0.333. The fourth-order valence-electron chi connectivity index (χ4n) is 1.33. The second kappa shape index (κ2) is 5.66. The third kappa shape index (κ3) is 3.47. The van der Waals surface area contributed by atoms with Crippen LogP contribution in [0.5, 0.6) is 0 Å². The fourth-order valence-corrected chi connectivity index (χ4v) is 1.33. The Morgan fingerprint density at radius 3 is 2.19 bits per heavy atom. The van der Waals surface area contributed by atoms with Crippen LogP contribution in [-0.4, -0.2) is 31.1 Å². The number of anilines is 1. The SMILES string of the molecule is COC(=O)c1ccc(C)c(NC(=O)C(F)(F)C(F)(F)F)c1. The number of amides is 1. The number of hydrogen-bond acceptors (Lipinski definition) is 3. The number of benzene rings is 1. The molecule has 0 bridgehead atoms. The Morgan fingerprint density at radius 2 is 1.71 bits per heavy atom. The lowest BCUT2D eigenvalue weighted by Crippen LogP contribution is -2.47. The van der Waals surface area contributed by atoms with Gasteiger partial charge in [0.1, 0.15) is 0 Å². The Hall–Kier alpha value is -2.19. The van der Waals surface area contributed by atoms with Crippen LogP contribution in [0.3, 0.4) is 0 Å². The Morgan fingerprint density at radius 1 is 1.14 bits per heavy atom. The van der Waals surface area contributed by atoms with Crippen molar-refractivity contribution in [2.45, 2.75) is 19.0 Å². The lowest BCUT2D eigenvalue weighted by atomic mass is 10.1. The van der Waals surface area contributed by atoms with Crippen molar-refractivity contribution in [3.05, 3.63) is 29.3 Å². The van der Waals surface area contributed by atoms with Gasteiger partial charge in [-0.3, -0.25) is 4.79 Å². The van der Waals surface area contributed by atoms with Gasteiger partial charge in [-0.05, 0) is 24.6 Å². The Balaban J connectivity index is 3.08. The maximum absolute atomic E-state index is 12.8. The average Bonchev–Trinajstić information content (AvgIpc) is 2.38. The maximum atomic E-state index is 12.8. The van der Waals surface area contributed by atoms with E-state index in [0.717, 1.165) is 13.2 Å². The second-order valence-electron chi connectivity index (χ2n) is 4.05. The zero-order valence-corrected chi connectivity index (χ0v) is 10.8. The van der Waals surface area contributed by atoms with E-state index in [4.69, 9.17) is 0 Å². The molecule has 1 rings (SSSR count). The van der Waals surface area contributed by atoms with Crippen LogP contribution in [0.25, 0.3) is 0 Å². The number of carbonyl (C=O) groups excluding carboxylic acids is 2. The Bertz CT molecular complexity index is 569. The van der Waals surface area contributed by atoms with Crippen LogP contribution in [-0.2, 0) is 9.53 Å². The van der Waals surface area contributed by atoms with Gasteiger partial charge in [0.15, 0.2) is 0 Å². The van der Waals surface area contributed by atoms with Crippen LogP contribution in [0.15, 0.2) is 18.2 Å². The predicted octanol–water partition coefficient (Wildman–Crippen LogP) is 2.92. The molecule has 0 saturated heterocycles. The molecule has 0 spiro atoms. The van der Waals surface area contributed by atoms with Crippen LogP contribution in [0.4, 0.5) is 27.6 Å². The van der Waals surface area contributed by atoms with E-state index in [-0.39, 0.29) is 16.8 Å². The molecule has 0 aliphatic rings. The number of nitrogens with one attached hydrogen (secondary N) is 1. The molecule has 0 radical (unpaired) electrons. The van der Waals surface area contributed by atoms with E-state index in [1.807, 2.05) is 0 Å². The zero-order valence-electron chi connectivity index (χ0n) is 10.8. The first-order chi connectivity index (χ1) is 9.50. The summed E-state index contributed by atoms with van der Waals surface area (Å²) in [4.78, 5) is 22.3. The molecule has 0 aromatic heterocycles. The molecule has 0 heterocycles. The molecule has 0 aliphatic carbocycles. The van der Waals surface area contributed by atoms with Gasteiger partial charge in [0.2, 0.25) is 0 Å². The zero-order chi connectivity index (χ0) is 16.4. The molecule has 1 N–H and O–H groups in total. The molecule has 0 aliphatic heterocycles. The number of carbonyl (C=O) groups is 2. The van der Waals surface area contributed by atoms with E-state index >= 15 is 0 Å². The molecule has 116 valence electrons. The minimum atomic E-state index is -6.01. The molecular formula is C12H10F5NO3. The first-order valence-corrected chi connectivity index (χ1v) is 5.45. The average molecular weight is 311 g/mol. The predicted molar refractivity (Wildman–Crippen MR) is 62.2 cm³/mol. The number of esters is 1.